The summed E-state index contributed by atoms with van der Waals surface area (Å²) in [4.78, 5) is 6.08. The Labute approximate surface area is 165 Å². The second kappa shape index (κ2) is 6.25. The highest BCUT2D eigenvalue weighted by atomic mass is 32.1. The van der Waals surface area contributed by atoms with Gasteiger partial charge in [-0.1, -0.05) is 16.4 Å². The van der Waals surface area contributed by atoms with Crippen LogP contribution in [-0.4, -0.2) is 61.2 Å². The summed E-state index contributed by atoms with van der Waals surface area (Å²) in [5.41, 5.74) is 0.886. The molecule has 2 bridgehead atoms. The van der Waals surface area contributed by atoms with Crippen LogP contribution in [0, 0.1) is 5.92 Å². The van der Waals surface area contributed by atoms with Crippen molar-refractivity contribution >= 4 is 11.3 Å². The Morgan fingerprint density at radius 1 is 1.36 bits per heavy atom. The molecule has 3 aromatic rings. The van der Waals surface area contributed by atoms with Crippen LogP contribution in [0.15, 0.2) is 36.9 Å². The SMILES string of the molecule is CN1CC2C[C@]1(C)[C@H](F)[C@@H]2Oc1nnc(-c2ccc(-n3ccnc3)cc2O)s1. The van der Waals surface area contributed by atoms with Gasteiger partial charge in [-0.05, 0) is 32.5 Å². The Kier molecular flexibility index (Phi) is 3.92. The van der Waals surface area contributed by atoms with Gasteiger partial charge in [0.05, 0.1) is 23.1 Å². The minimum atomic E-state index is -1.06. The highest BCUT2D eigenvalue weighted by Crippen LogP contribution is 2.49. The number of phenolic OH excluding ortho intramolecular Hbond substituents is 1. The number of likely N-dealkylation sites (tertiary alicyclic amines) is 1. The smallest absolute Gasteiger partial charge is 0.294 e. The third-order valence-electron chi connectivity index (χ3n) is 6.06. The van der Waals surface area contributed by atoms with E-state index in [0.717, 1.165) is 18.7 Å². The zero-order chi connectivity index (χ0) is 19.5. The number of rotatable bonds is 4. The predicted octanol–water partition coefficient (Wildman–Crippen LogP) is 2.91. The zero-order valence-corrected chi connectivity index (χ0v) is 16.3. The molecule has 1 aliphatic carbocycles. The minimum Gasteiger partial charge on any atom is -0.507 e. The van der Waals surface area contributed by atoms with Crippen molar-refractivity contribution in [3.63, 3.8) is 0 Å². The molecule has 3 heterocycles. The van der Waals surface area contributed by atoms with Gasteiger partial charge in [0.15, 0.2) is 11.2 Å². The number of nitrogens with zero attached hydrogens (tertiary/aromatic N) is 5. The van der Waals surface area contributed by atoms with E-state index in [1.807, 2.05) is 20.0 Å². The third-order valence-corrected chi connectivity index (χ3v) is 6.91. The molecule has 0 radical (unpaired) electrons. The van der Waals surface area contributed by atoms with Crippen LogP contribution >= 0.6 is 11.3 Å². The van der Waals surface area contributed by atoms with Crippen molar-refractivity contribution in [1.82, 2.24) is 24.6 Å². The molecule has 9 heteroatoms. The van der Waals surface area contributed by atoms with Crippen LogP contribution in [0.5, 0.6) is 10.9 Å². The second-order valence-electron chi connectivity index (χ2n) is 7.73. The predicted molar refractivity (Wildman–Crippen MR) is 103 cm³/mol. The lowest BCUT2D eigenvalue weighted by Gasteiger charge is -2.38. The van der Waals surface area contributed by atoms with Crippen molar-refractivity contribution in [3.8, 4) is 27.2 Å². The molecule has 4 atom stereocenters. The first-order valence-corrected chi connectivity index (χ1v) is 9.94. The third kappa shape index (κ3) is 2.61. The summed E-state index contributed by atoms with van der Waals surface area (Å²) in [5.74, 6) is 0.242. The summed E-state index contributed by atoms with van der Waals surface area (Å²) in [6.07, 6.45) is 4.35. The highest BCUT2D eigenvalue weighted by Gasteiger charge is 2.60. The largest absolute Gasteiger partial charge is 0.507 e. The molecule has 28 heavy (non-hydrogen) atoms. The Balaban J connectivity index is 1.36. The number of alkyl halides is 1. The van der Waals surface area contributed by atoms with Gasteiger partial charge in [0, 0.05) is 30.9 Å². The number of benzene rings is 1. The van der Waals surface area contributed by atoms with Gasteiger partial charge >= 0.3 is 0 Å². The zero-order valence-electron chi connectivity index (χ0n) is 15.5. The number of ether oxygens (including phenoxy) is 1. The molecule has 1 unspecified atom stereocenters. The van der Waals surface area contributed by atoms with Gasteiger partial charge in [0.25, 0.3) is 5.19 Å². The number of piperidine rings is 1. The minimum absolute atomic E-state index is 0.0892. The normalized spacial score (nSPS) is 29.5. The van der Waals surface area contributed by atoms with Gasteiger partial charge in [-0.15, -0.1) is 5.10 Å². The fraction of sp³-hybridized carbons (Fsp3) is 0.421. The molecule has 2 fully saturated rings. The first-order valence-electron chi connectivity index (χ1n) is 9.13. The molecule has 1 aliphatic heterocycles. The molecule has 1 aromatic carbocycles. The van der Waals surface area contributed by atoms with E-state index in [0.29, 0.717) is 15.8 Å². The number of hydrogen-bond donors (Lipinski definition) is 1. The van der Waals surface area contributed by atoms with E-state index in [-0.39, 0.29) is 11.7 Å². The Bertz CT molecular complexity index is 1010. The van der Waals surface area contributed by atoms with Crippen molar-refractivity contribution in [3.05, 3.63) is 36.9 Å². The van der Waals surface area contributed by atoms with Crippen LogP contribution in [0.25, 0.3) is 16.3 Å². The van der Waals surface area contributed by atoms with Crippen LogP contribution in [0.4, 0.5) is 4.39 Å². The summed E-state index contributed by atoms with van der Waals surface area (Å²) in [6, 6.07) is 5.28. The molecule has 5 rings (SSSR count). The molecule has 1 saturated heterocycles. The molecule has 2 aromatic heterocycles. The quantitative estimate of drug-likeness (QED) is 0.725. The lowest BCUT2D eigenvalue weighted by Crippen LogP contribution is -2.54. The molecular weight excluding hydrogens is 381 g/mol. The monoisotopic (exact) mass is 401 g/mol. The number of hydrogen-bond acceptors (Lipinski definition) is 7. The molecule has 1 saturated carbocycles. The van der Waals surface area contributed by atoms with E-state index in [4.69, 9.17) is 4.74 Å². The van der Waals surface area contributed by atoms with Crippen molar-refractivity contribution < 1.29 is 14.2 Å². The molecule has 7 nitrogen and oxygen atoms in total. The van der Waals surface area contributed by atoms with E-state index in [9.17, 15) is 9.50 Å². The van der Waals surface area contributed by atoms with Gasteiger partial charge in [0.2, 0.25) is 0 Å². The molecule has 2 aliphatic rings. The summed E-state index contributed by atoms with van der Waals surface area (Å²) in [5, 5.41) is 19.5. The average molecular weight is 401 g/mol. The fourth-order valence-electron chi connectivity index (χ4n) is 4.36. The maximum Gasteiger partial charge on any atom is 0.294 e. The summed E-state index contributed by atoms with van der Waals surface area (Å²) in [7, 11) is 1.96. The fourth-order valence-corrected chi connectivity index (χ4v) is 5.13. The van der Waals surface area contributed by atoms with E-state index in [1.54, 1.807) is 35.4 Å². The summed E-state index contributed by atoms with van der Waals surface area (Å²) < 4.78 is 22.6. The van der Waals surface area contributed by atoms with Gasteiger partial charge in [-0.25, -0.2) is 9.37 Å². The van der Waals surface area contributed by atoms with E-state index < -0.39 is 17.8 Å². The number of phenols is 1. The van der Waals surface area contributed by atoms with Gasteiger partial charge in [-0.2, -0.15) is 0 Å². The molecule has 1 N–H and O–H groups in total. The van der Waals surface area contributed by atoms with Gasteiger partial charge < -0.3 is 14.4 Å². The van der Waals surface area contributed by atoms with Crippen molar-refractivity contribution in [2.45, 2.75) is 31.2 Å². The van der Waals surface area contributed by atoms with Crippen molar-refractivity contribution in [2.75, 3.05) is 13.6 Å². The molecule has 0 amide bonds. The highest BCUT2D eigenvalue weighted by molar-refractivity contribution is 7.16. The average Bonchev–Trinajstić information content (AvgIpc) is 3.43. The van der Waals surface area contributed by atoms with Gasteiger partial charge in [0.1, 0.15) is 11.9 Å². The molecule has 0 spiro atoms. The maximum absolute atomic E-state index is 14.9. The Morgan fingerprint density at radius 3 is 2.89 bits per heavy atom. The van der Waals surface area contributed by atoms with Crippen LogP contribution in [0.2, 0.25) is 0 Å². The molecule has 146 valence electrons. The Hall–Kier alpha value is -2.52. The van der Waals surface area contributed by atoms with Crippen LogP contribution < -0.4 is 4.74 Å². The van der Waals surface area contributed by atoms with Crippen molar-refractivity contribution in [1.29, 1.82) is 0 Å². The molecular formula is C19H20FN5O2S. The number of fused-ring (bicyclic) bond motifs is 2. The lowest BCUT2D eigenvalue weighted by molar-refractivity contribution is -0.0124. The summed E-state index contributed by atoms with van der Waals surface area (Å²) >= 11 is 1.22. The van der Waals surface area contributed by atoms with E-state index >= 15 is 0 Å². The first-order chi connectivity index (χ1) is 13.5. The van der Waals surface area contributed by atoms with Crippen LogP contribution in [0.1, 0.15) is 13.3 Å². The lowest BCUT2D eigenvalue weighted by atomic mass is 9.97. The number of aromatic nitrogens is 4. The van der Waals surface area contributed by atoms with E-state index in [2.05, 4.69) is 20.1 Å². The number of aromatic hydroxyl groups is 1. The van der Waals surface area contributed by atoms with Crippen LogP contribution in [-0.2, 0) is 0 Å². The van der Waals surface area contributed by atoms with E-state index in [1.165, 1.54) is 11.3 Å². The second-order valence-corrected chi connectivity index (χ2v) is 8.67. The standard InChI is InChI=1S/C19H20FN5O2S/c1-19-8-11(9-24(19)2)15(16(19)20)27-18-23-22-17(28-18)13-4-3-12(7-14(13)26)25-6-5-21-10-25/h3-7,10-11,15-16,26H,8-9H2,1-2H3/t11?,15-,16-,19-/m1/s1. The Morgan fingerprint density at radius 2 is 2.21 bits per heavy atom. The summed E-state index contributed by atoms with van der Waals surface area (Å²) in [6.45, 7) is 2.77. The topological polar surface area (TPSA) is 76.3 Å². The maximum atomic E-state index is 14.9. The number of imidazole rings is 1. The first kappa shape index (κ1) is 17.6. The number of halogens is 1. The van der Waals surface area contributed by atoms with Crippen molar-refractivity contribution in [2.24, 2.45) is 5.92 Å². The van der Waals surface area contributed by atoms with Crippen LogP contribution in [0.3, 0.4) is 0 Å². The van der Waals surface area contributed by atoms with Gasteiger partial charge in [-0.3, -0.25) is 4.90 Å².